The minimum Gasteiger partial charge on any atom is -0.379 e. The predicted molar refractivity (Wildman–Crippen MR) is 77.0 cm³/mol. The van der Waals surface area contributed by atoms with Crippen molar-refractivity contribution in [3.05, 3.63) is 27.8 Å². The molecular weight excluding hydrogens is 276 g/mol. The lowest BCUT2D eigenvalue weighted by Crippen LogP contribution is -2.11. The van der Waals surface area contributed by atoms with Gasteiger partial charge in [0, 0.05) is 24.7 Å². The highest BCUT2D eigenvalue weighted by Gasteiger charge is 2.24. The molecule has 0 aromatic heterocycles. The first-order valence-electron chi connectivity index (χ1n) is 6.60. The van der Waals surface area contributed by atoms with Crippen molar-refractivity contribution in [2.24, 2.45) is 5.73 Å². The molecule has 0 radical (unpaired) electrons. The first-order chi connectivity index (χ1) is 9.97. The summed E-state index contributed by atoms with van der Waals surface area (Å²) in [6, 6.07) is 2.99. The maximum absolute atomic E-state index is 11.3. The molecule has 21 heavy (non-hydrogen) atoms. The molecular formula is C13H16N4O4. The van der Waals surface area contributed by atoms with Gasteiger partial charge in [0.05, 0.1) is 11.3 Å². The Morgan fingerprint density at radius 2 is 2.19 bits per heavy atom. The standard InChI is InChI=1S/C13H16N4O4/c14-12(18)3-1-2-4-15-10-7-9-8(6-13(19)16-9)5-11(10)17(20)21/h5,7,15H,1-4,6H2,(H2,14,18)(H,16,19). The minimum absolute atomic E-state index is 0.0554. The van der Waals surface area contributed by atoms with Crippen molar-refractivity contribution in [3.8, 4) is 0 Å². The Morgan fingerprint density at radius 1 is 1.43 bits per heavy atom. The van der Waals surface area contributed by atoms with E-state index < -0.39 is 4.92 Å². The Morgan fingerprint density at radius 3 is 2.86 bits per heavy atom. The molecule has 2 rings (SSSR count). The summed E-state index contributed by atoms with van der Waals surface area (Å²) in [5.74, 6) is -0.529. The zero-order valence-corrected chi connectivity index (χ0v) is 11.3. The van der Waals surface area contributed by atoms with Gasteiger partial charge in [-0.2, -0.15) is 0 Å². The molecule has 1 aromatic carbocycles. The third kappa shape index (κ3) is 3.68. The highest BCUT2D eigenvalue weighted by molar-refractivity contribution is 6.00. The van der Waals surface area contributed by atoms with Crippen molar-refractivity contribution in [2.45, 2.75) is 25.7 Å². The predicted octanol–water partition coefficient (Wildman–Crippen LogP) is 1.16. The van der Waals surface area contributed by atoms with Crippen LogP contribution in [-0.4, -0.2) is 23.3 Å². The molecule has 8 nitrogen and oxygen atoms in total. The van der Waals surface area contributed by atoms with E-state index in [1.54, 1.807) is 6.07 Å². The lowest BCUT2D eigenvalue weighted by atomic mass is 10.1. The van der Waals surface area contributed by atoms with E-state index >= 15 is 0 Å². The van der Waals surface area contributed by atoms with E-state index in [1.165, 1.54) is 6.07 Å². The van der Waals surface area contributed by atoms with Gasteiger partial charge in [0.15, 0.2) is 0 Å². The largest absolute Gasteiger partial charge is 0.379 e. The number of rotatable bonds is 7. The Bertz CT molecular complexity index is 600. The number of primary amides is 1. The summed E-state index contributed by atoms with van der Waals surface area (Å²) in [5, 5.41) is 16.7. The summed E-state index contributed by atoms with van der Waals surface area (Å²) in [6.07, 6.45) is 1.75. The van der Waals surface area contributed by atoms with Crippen molar-refractivity contribution in [1.29, 1.82) is 0 Å². The van der Waals surface area contributed by atoms with E-state index in [0.717, 1.165) is 0 Å². The topological polar surface area (TPSA) is 127 Å². The molecule has 1 heterocycles. The molecule has 0 unspecified atom stereocenters. The van der Waals surface area contributed by atoms with E-state index in [2.05, 4.69) is 10.6 Å². The van der Waals surface area contributed by atoms with Crippen LogP contribution >= 0.6 is 0 Å². The van der Waals surface area contributed by atoms with E-state index in [4.69, 9.17) is 5.73 Å². The molecule has 8 heteroatoms. The van der Waals surface area contributed by atoms with Gasteiger partial charge in [-0.1, -0.05) is 0 Å². The first kappa shape index (κ1) is 14.8. The minimum atomic E-state index is -0.477. The monoisotopic (exact) mass is 292 g/mol. The number of amides is 2. The van der Waals surface area contributed by atoms with Crippen LogP contribution in [0.3, 0.4) is 0 Å². The maximum Gasteiger partial charge on any atom is 0.292 e. The fourth-order valence-electron chi connectivity index (χ4n) is 2.20. The first-order valence-corrected chi connectivity index (χ1v) is 6.60. The Balaban J connectivity index is 2.04. The number of nitrogens with zero attached hydrogens (tertiary/aromatic N) is 1. The van der Waals surface area contributed by atoms with Gasteiger partial charge in [-0.3, -0.25) is 19.7 Å². The average molecular weight is 292 g/mol. The molecule has 1 aromatic rings. The van der Waals surface area contributed by atoms with E-state index in [0.29, 0.717) is 42.7 Å². The van der Waals surface area contributed by atoms with Crippen molar-refractivity contribution in [3.63, 3.8) is 0 Å². The zero-order valence-electron chi connectivity index (χ0n) is 11.3. The second kappa shape index (κ2) is 6.21. The summed E-state index contributed by atoms with van der Waals surface area (Å²) in [4.78, 5) is 32.5. The second-order valence-corrected chi connectivity index (χ2v) is 4.86. The number of hydrogen-bond acceptors (Lipinski definition) is 5. The number of benzene rings is 1. The molecule has 0 atom stereocenters. The Labute approximate surface area is 120 Å². The molecule has 0 bridgehead atoms. The Hall–Kier alpha value is -2.64. The number of unbranched alkanes of at least 4 members (excludes halogenated alkanes) is 1. The van der Waals surface area contributed by atoms with E-state index in [-0.39, 0.29) is 23.9 Å². The van der Waals surface area contributed by atoms with Crippen molar-refractivity contribution in [2.75, 3.05) is 17.2 Å². The summed E-state index contributed by atoms with van der Waals surface area (Å²) in [7, 11) is 0. The van der Waals surface area contributed by atoms with Gasteiger partial charge in [-0.05, 0) is 24.5 Å². The van der Waals surface area contributed by atoms with Crippen LogP contribution in [0.5, 0.6) is 0 Å². The third-order valence-electron chi connectivity index (χ3n) is 3.21. The highest BCUT2D eigenvalue weighted by atomic mass is 16.6. The van der Waals surface area contributed by atoms with Gasteiger partial charge in [0.2, 0.25) is 11.8 Å². The molecule has 0 aliphatic carbocycles. The maximum atomic E-state index is 11.3. The zero-order chi connectivity index (χ0) is 15.4. The summed E-state index contributed by atoms with van der Waals surface area (Å²) < 4.78 is 0. The normalized spacial score (nSPS) is 12.7. The van der Waals surface area contributed by atoms with Gasteiger partial charge < -0.3 is 16.4 Å². The number of carbonyl (C=O) groups is 2. The number of carbonyl (C=O) groups excluding carboxylic acids is 2. The summed E-state index contributed by atoms with van der Waals surface area (Å²) >= 11 is 0. The molecule has 1 aliphatic heterocycles. The van der Waals surface area contributed by atoms with Gasteiger partial charge in [0.1, 0.15) is 5.69 Å². The molecule has 1 aliphatic rings. The van der Waals surface area contributed by atoms with Crippen molar-refractivity contribution < 1.29 is 14.5 Å². The number of nitro groups is 1. The fraction of sp³-hybridized carbons (Fsp3) is 0.385. The van der Waals surface area contributed by atoms with Gasteiger partial charge in [-0.25, -0.2) is 0 Å². The SMILES string of the molecule is NC(=O)CCCCNc1cc2c(cc1[N+](=O)[O-])CC(=O)N2. The van der Waals surface area contributed by atoms with Crippen LogP contribution in [-0.2, 0) is 16.0 Å². The lowest BCUT2D eigenvalue weighted by molar-refractivity contribution is -0.384. The van der Waals surface area contributed by atoms with E-state index in [1.807, 2.05) is 0 Å². The van der Waals surface area contributed by atoms with Gasteiger partial charge >= 0.3 is 0 Å². The Kier molecular flexibility index (Phi) is 4.36. The van der Waals surface area contributed by atoms with Crippen LogP contribution in [0, 0.1) is 10.1 Å². The molecule has 4 N–H and O–H groups in total. The van der Waals surface area contributed by atoms with Crippen molar-refractivity contribution >= 4 is 28.9 Å². The molecule has 0 fully saturated rings. The van der Waals surface area contributed by atoms with Crippen LogP contribution < -0.4 is 16.4 Å². The third-order valence-corrected chi connectivity index (χ3v) is 3.21. The summed E-state index contributed by atoms with van der Waals surface area (Å²) in [6.45, 7) is 0.487. The van der Waals surface area contributed by atoms with Gasteiger partial charge in [0.25, 0.3) is 5.69 Å². The number of anilines is 2. The highest BCUT2D eigenvalue weighted by Crippen LogP contribution is 2.34. The average Bonchev–Trinajstić information content (AvgIpc) is 2.75. The molecule has 0 saturated heterocycles. The number of hydrogen-bond donors (Lipinski definition) is 3. The number of nitrogens with one attached hydrogen (secondary N) is 2. The summed E-state index contributed by atoms with van der Waals surface area (Å²) in [5.41, 5.74) is 6.57. The molecule has 0 spiro atoms. The second-order valence-electron chi connectivity index (χ2n) is 4.86. The van der Waals surface area contributed by atoms with Gasteiger partial charge in [-0.15, -0.1) is 0 Å². The molecule has 0 saturated carbocycles. The van der Waals surface area contributed by atoms with Crippen LogP contribution in [0.4, 0.5) is 17.1 Å². The quantitative estimate of drug-likeness (QED) is 0.394. The van der Waals surface area contributed by atoms with Crippen LogP contribution in [0.2, 0.25) is 0 Å². The van der Waals surface area contributed by atoms with Crippen molar-refractivity contribution in [1.82, 2.24) is 0 Å². The molecule has 2 amide bonds. The number of nitrogens with two attached hydrogens (primary N) is 1. The van der Waals surface area contributed by atoms with Crippen LogP contribution in [0.25, 0.3) is 0 Å². The van der Waals surface area contributed by atoms with E-state index in [9.17, 15) is 19.7 Å². The van der Waals surface area contributed by atoms with Crippen LogP contribution in [0.15, 0.2) is 12.1 Å². The fourth-order valence-corrected chi connectivity index (χ4v) is 2.20. The lowest BCUT2D eigenvalue weighted by Gasteiger charge is -2.09. The smallest absolute Gasteiger partial charge is 0.292 e. The van der Waals surface area contributed by atoms with Crippen LogP contribution in [0.1, 0.15) is 24.8 Å². The number of nitro benzene ring substituents is 1. The number of fused-ring (bicyclic) bond motifs is 1. The molecule has 112 valence electrons.